The molecule has 25 heavy (non-hydrogen) atoms. The Bertz CT molecular complexity index is 668. The molecule has 2 N–H and O–H groups in total. The van der Waals surface area contributed by atoms with Crippen molar-refractivity contribution in [2.75, 3.05) is 14.1 Å². The lowest BCUT2D eigenvalue weighted by Gasteiger charge is -2.33. The summed E-state index contributed by atoms with van der Waals surface area (Å²) in [6, 6.07) is 5.45. The number of urea groups is 1. The number of amides is 2. The average molecular weight is 382 g/mol. The van der Waals surface area contributed by atoms with Gasteiger partial charge in [-0.2, -0.15) is 0 Å². The van der Waals surface area contributed by atoms with Crippen LogP contribution in [0.15, 0.2) is 18.2 Å². The molecule has 136 valence electrons. The quantitative estimate of drug-likeness (QED) is 0.779. The van der Waals surface area contributed by atoms with Crippen molar-refractivity contribution in [3.63, 3.8) is 0 Å². The van der Waals surface area contributed by atoms with E-state index in [0.717, 1.165) is 24.8 Å². The lowest BCUT2D eigenvalue weighted by atomic mass is 9.90. The highest BCUT2D eigenvalue weighted by Gasteiger charge is 2.26. The van der Waals surface area contributed by atoms with Gasteiger partial charge in [0.1, 0.15) is 0 Å². The Balaban J connectivity index is 1.96. The van der Waals surface area contributed by atoms with E-state index < -0.39 is 0 Å². The molecule has 2 amide bonds. The van der Waals surface area contributed by atoms with Crippen molar-refractivity contribution >= 4 is 29.2 Å². The Morgan fingerprint density at radius 3 is 2.56 bits per heavy atom. The van der Waals surface area contributed by atoms with Crippen molar-refractivity contribution in [1.29, 1.82) is 0 Å². The maximum atomic E-state index is 12.5. The van der Waals surface area contributed by atoms with E-state index in [-0.39, 0.29) is 18.1 Å². The van der Waals surface area contributed by atoms with Crippen molar-refractivity contribution in [2.45, 2.75) is 50.7 Å². The highest BCUT2D eigenvalue weighted by molar-refractivity contribution is 6.42. The number of halogens is 2. The number of carbonyl (C=O) groups is 1. The molecular weight excluding hydrogens is 357 g/mol. The smallest absolute Gasteiger partial charge is 0.318 e. The number of likely N-dealkylation sites (N-methyl/N-ethyl adjacent to an activating group) is 1. The molecule has 0 heterocycles. The van der Waals surface area contributed by atoms with Gasteiger partial charge in [-0.25, -0.2) is 4.79 Å². The number of nitrogens with zero attached hydrogens (tertiary/aromatic N) is 1. The Morgan fingerprint density at radius 1 is 1.24 bits per heavy atom. The maximum Gasteiger partial charge on any atom is 0.318 e. The lowest BCUT2D eigenvalue weighted by Crippen LogP contribution is -2.54. The largest absolute Gasteiger partial charge is 0.334 e. The SMILES string of the molecule is CNC1CCCCC1NC(=O)N(C)C(C)C#Cc1ccc(Cl)c(Cl)c1. The summed E-state index contributed by atoms with van der Waals surface area (Å²) >= 11 is 11.9. The molecule has 0 bridgehead atoms. The van der Waals surface area contributed by atoms with E-state index in [1.54, 1.807) is 24.1 Å². The minimum absolute atomic E-state index is 0.0944. The molecule has 4 nitrogen and oxygen atoms in total. The van der Waals surface area contributed by atoms with E-state index in [2.05, 4.69) is 22.5 Å². The fourth-order valence-corrected chi connectivity index (χ4v) is 3.24. The van der Waals surface area contributed by atoms with E-state index in [9.17, 15) is 4.79 Å². The molecule has 1 saturated carbocycles. The molecule has 0 aromatic heterocycles. The van der Waals surface area contributed by atoms with Crippen molar-refractivity contribution in [2.24, 2.45) is 0 Å². The standard InChI is InChI=1S/C19H25Cl2N3O/c1-13(8-9-14-10-11-15(20)16(21)12-14)24(3)19(25)23-18-7-5-4-6-17(18)22-2/h10-13,17-18,22H,4-7H2,1-3H3,(H,23,25). The molecule has 3 atom stereocenters. The molecule has 0 saturated heterocycles. The normalized spacial score (nSPS) is 21.0. The van der Waals surface area contributed by atoms with Gasteiger partial charge in [0, 0.05) is 24.7 Å². The van der Waals surface area contributed by atoms with Gasteiger partial charge in [-0.05, 0) is 45.0 Å². The first-order chi connectivity index (χ1) is 11.9. The molecule has 0 spiro atoms. The van der Waals surface area contributed by atoms with Gasteiger partial charge in [-0.3, -0.25) is 0 Å². The Kier molecular flexibility index (Phi) is 7.43. The highest BCUT2D eigenvalue weighted by atomic mass is 35.5. The predicted molar refractivity (Wildman–Crippen MR) is 104 cm³/mol. The monoisotopic (exact) mass is 381 g/mol. The Labute approximate surface area is 160 Å². The summed E-state index contributed by atoms with van der Waals surface area (Å²) in [5, 5.41) is 7.41. The summed E-state index contributed by atoms with van der Waals surface area (Å²) in [7, 11) is 3.71. The van der Waals surface area contributed by atoms with Gasteiger partial charge in [0.15, 0.2) is 0 Å². The van der Waals surface area contributed by atoms with Gasteiger partial charge in [0.05, 0.1) is 16.1 Å². The number of hydrogen-bond acceptors (Lipinski definition) is 2. The van der Waals surface area contributed by atoms with Crippen molar-refractivity contribution in [3.8, 4) is 11.8 Å². The summed E-state index contributed by atoms with van der Waals surface area (Å²) in [5.41, 5.74) is 0.776. The Morgan fingerprint density at radius 2 is 1.92 bits per heavy atom. The van der Waals surface area contributed by atoms with Gasteiger partial charge in [0.25, 0.3) is 0 Å². The average Bonchev–Trinajstić information content (AvgIpc) is 2.62. The highest BCUT2D eigenvalue weighted by Crippen LogP contribution is 2.22. The van der Waals surface area contributed by atoms with Crippen LogP contribution in [0.1, 0.15) is 38.2 Å². The van der Waals surface area contributed by atoms with Crippen molar-refractivity contribution in [3.05, 3.63) is 33.8 Å². The van der Waals surface area contributed by atoms with Gasteiger partial charge >= 0.3 is 6.03 Å². The lowest BCUT2D eigenvalue weighted by molar-refractivity contribution is 0.190. The Hall–Kier alpha value is -1.41. The zero-order valence-corrected chi connectivity index (χ0v) is 16.4. The second kappa shape index (κ2) is 9.33. The van der Waals surface area contributed by atoms with Gasteiger partial charge in [0.2, 0.25) is 0 Å². The summed E-state index contributed by atoms with van der Waals surface area (Å²) in [5.74, 6) is 6.13. The second-order valence-electron chi connectivity index (χ2n) is 6.42. The van der Waals surface area contributed by atoms with E-state index in [4.69, 9.17) is 23.2 Å². The van der Waals surface area contributed by atoms with E-state index in [1.165, 1.54) is 6.42 Å². The van der Waals surface area contributed by atoms with Crippen LogP contribution in [0.25, 0.3) is 0 Å². The summed E-state index contributed by atoms with van der Waals surface area (Å²) in [6.45, 7) is 1.90. The van der Waals surface area contributed by atoms with Crippen LogP contribution >= 0.6 is 23.2 Å². The molecule has 0 aliphatic heterocycles. The summed E-state index contributed by atoms with van der Waals surface area (Å²) < 4.78 is 0. The van der Waals surface area contributed by atoms with Gasteiger partial charge in [-0.1, -0.05) is 47.9 Å². The van der Waals surface area contributed by atoms with Gasteiger partial charge < -0.3 is 15.5 Å². The summed E-state index contributed by atoms with van der Waals surface area (Å²) in [6.07, 6.45) is 4.46. The van der Waals surface area contributed by atoms with Crippen molar-refractivity contribution < 1.29 is 4.79 Å². The second-order valence-corrected chi connectivity index (χ2v) is 7.24. The van der Waals surface area contributed by atoms with Crippen molar-refractivity contribution in [1.82, 2.24) is 15.5 Å². The van der Waals surface area contributed by atoms with Crippen LogP contribution < -0.4 is 10.6 Å². The molecule has 1 aliphatic carbocycles. The minimum Gasteiger partial charge on any atom is -0.334 e. The third-order valence-corrected chi connectivity index (χ3v) is 5.43. The van der Waals surface area contributed by atoms with E-state index in [0.29, 0.717) is 16.1 Å². The molecule has 1 aromatic rings. The molecule has 2 rings (SSSR count). The van der Waals surface area contributed by atoms with Crippen LogP contribution in [0.5, 0.6) is 0 Å². The third kappa shape index (κ3) is 5.54. The van der Waals surface area contributed by atoms with Crippen LogP contribution in [0.2, 0.25) is 10.0 Å². The predicted octanol–water partition coefficient (Wildman–Crippen LogP) is 3.91. The number of nitrogens with one attached hydrogen (secondary N) is 2. The number of carbonyl (C=O) groups excluding carboxylic acids is 1. The van der Waals surface area contributed by atoms with Crippen LogP contribution in [-0.2, 0) is 0 Å². The fraction of sp³-hybridized carbons (Fsp3) is 0.526. The van der Waals surface area contributed by atoms with E-state index in [1.807, 2.05) is 20.0 Å². The topological polar surface area (TPSA) is 44.4 Å². The van der Waals surface area contributed by atoms with Gasteiger partial charge in [-0.15, -0.1) is 0 Å². The number of hydrogen-bond donors (Lipinski definition) is 2. The first kappa shape index (κ1) is 19.9. The van der Waals surface area contributed by atoms with Crippen LogP contribution in [-0.4, -0.2) is 43.2 Å². The zero-order chi connectivity index (χ0) is 18.4. The molecule has 1 aromatic carbocycles. The summed E-state index contributed by atoms with van der Waals surface area (Å²) in [4.78, 5) is 14.1. The molecule has 1 fully saturated rings. The molecule has 1 aliphatic rings. The zero-order valence-electron chi connectivity index (χ0n) is 14.9. The van der Waals surface area contributed by atoms with Crippen LogP contribution in [0.4, 0.5) is 4.79 Å². The molecule has 3 unspecified atom stereocenters. The molecule has 6 heteroatoms. The first-order valence-electron chi connectivity index (χ1n) is 8.59. The first-order valence-corrected chi connectivity index (χ1v) is 9.35. The van der Waals surface area contributed by atoms with Crippen LogP contribution in [0.3, 0.4) is 0 Å². The molecular formula is C19H25Cl2N3O. The fourth-order valence-electron chi connectivity index (χ4n) is 2.94. The van der Waals surface area contributed by atoms with E-state index >= 15 is 0 Å². The van der Waals surface area contributed by atoms with Crippen LogP contribution in [0, 0.1) is 11.8 Å². The maximum absolute atomic E-state index is 12.5. The minimum atomic E-state index is -0.217. The number of benzene rings is 1. The number of rotatable bonds is 3. The molecule has 0 radical (unpaired) electrons. The third-order valence-electron chi connectivity index (χ3n) is 4.69.